The van der Waals surface area contributed by atoms with E-state index in [1.807, 2.05) is 24.4 Å². The number of rotatable bonds is 7. The van der Waals surface area contributed by atoms with Gasteiger partial charge in [0, 0.05) is 30.0 Å². The van der Waals surface area contributed by atoms with Gasteiger partial charge in [-0.15, -0.1) is 0 Å². The van der Waals surface area contributed by atoms with Crippen LogP contribution in [0.1, 0.15) is 24.2 Å². The molecule has 1 N–H and O–H groups in total. The number of ether oxygens (including phenoxy) is 1. The van der Waals surface area contributed by atoms with E-state index in [0.717, 1.165) is 17.4 Å². The fourth-order valence-corrected chi connectivity index (χ4v) is 2.96. The summed E-state index contributed by atoms with van der Waals surface area (Å²) in [6.45, 7) is 3.02. The summed E-state index contributed by atoms with van der Waals surface area (Å²) < 4.78 is 6.76. The normalized spacial score (nSPS) is 13.9. The predicted molar refractivity (Wildman–Crippen MR) is 89.3 cm³/mol. The van der Waals surface area contributed by atoms with Crippen LogP contribution in [0.5, 0.6) is 0 Å². The Labute approximate surface area is 134 Å². The van der Waals surface area contributed by atoms with E-state index in [0.29, 0.717) is 0 Å². The molecule has 3 nitrogen and oxygen atoms in total. The van der Waals surface area contributed by atoms with Crippen molar-refractivity contribution in [1.29, 1.82) is 0 Å². The van der Waals surface area contributed by atoms with Gasteiger partial charge in [0.05, 0.1) is 6.10 Å². The van der Waals surface area contributed by atoms with E-state index in [2.05, 4.69) is 51.4 Å². The summed E-state index contributed by atoms with van der Waals surface area (Å²) in [6.07, 6.45) is 4.60. The van der Waals surface area contributed by atoms with Crippen LogP contribution in [0, 0.1) is 0 Å². The second-order valence-electron chi connectivity index (χ2n) is 4.95. The second kappa shape index (κ2) is 8.27. The number of hydrogen-bond donors (Lipinski definition) is 1. The lowest BCUT2D eigenvalue weighted by Crippen LogP contribution is -2.37. The Morgan fingerprint density at radius 1 is 1.24 bits per heavy atom. The maximum Gasteiger partial charge on any atom is 0.0977 e. The summed E-state index contributed by atoms with van der Waals surface area (Å²) in [6, 6.07) is 12.6. The van der Waals surface area contributed by atoms with Gasteiger partial charge in [-0.1, -0.05) is 37.3 Å². The van der Waals surface area contributed by atoms with Crippen molar-refractivity contribution in [3.8, 4) is 0 Å². The molecule has 0 amide bonds. The van der Waals surface area contributed by atoms with Crippen molar-refractivity contribution < 1.29 is 4.74 Å². The van der Waals surface area contributed by atoms with Gasteiger partial charge in [-0.25, -0.2) is 0 Å². The predicted octanol–water partition coefficient (Wildman–Crippen LogP) is 3.75. The number of hydrogen-bond acceptors (Lipinski definition) is 3. The lowest BCUT2D eigenvalue weighted by molar-refractivity contribution is 0.0683. The minimum absolute atomic E-state index is 0.0186. The number of methoxy groups -OCH3 is 1. The van der Waals surface area contributed by atoms with Gasteiger partial charge in [0.2, 0.25) is 0 Å². The fourth-order valence-electron chi connectivity index (χ4n) is 2.55. The largest absolute Gasteiger partial charge is 0.375 e. The molecule has 0 aliphatic carbocycles. The third-order valence-corrected chi connectivity index (χ3v) is 3.86. The van der Waals surface area contributed by atoms with Crippen molar-refractivity contribution in [2.45, 2.75) is 25.5 Å². The highest BCUT2D eigenvalue weighted by Gasteiger charge is 2.22. The summed E-state index contributed by atoms with van der Waals surface area (Å²) >= 11 is 3.48. The summed E-state index contributed by atoms with van der Waals surface area (Å²) in [5, 5.41) is 3.53. The molecule has 0 spiro atoms. The van der Waals surface area contributed by atoms with Gasteiger partial charge in [-0.05, 0) is 46.1 Å². The van der Waals surface area contributed by atoms with E-state index in [-0.39, 0.29) is 12.1 Å². The highest BCUT2D eigenvalue weighted by Crippen LogP contribution is 2.23. The summed E-state index contributed by atoms with van der Waals surface area (Å²) in [4.78, 5) is 4.24. The van der Waals surface area contributed by atoms with Crippen molar-refractivity contribution in [3.63, 3.8) is 0 Å². The van der Waals surface area contributed by atoms with Crippen molar-refractivity contribution in [1.82, 2.24) is 10.3 Å². The van der Waals surface area contributed by atoms with Crippen LogP contribution in [-0.2, 0) is 11.2 Å². The van der Waals surface area contributed by atoms with E-state index in [4.69, 9.17) is 4.74 Å². The van der Waals surface area contributed by atoms with Crippen molar-refractivity contribution >= 4 is 15.9 Å². The molecule has 0 aliphatic rings. The number of aromatic nitrogens is 1. The van der Waals surface area contributed by atoms with Crippen LogP contribution in [0.3, 0.4) is 0 Å². The Balaban J connectivity index is 2.20. The van der Waals surface area contributed by atoms with Crippen molar-refractivity contribution in [3.05, 3.63) is 64.4 Å². The Morgan fingerprint density at radius 3 is 2.62 bits per heavy atom. The van der Waals surface area contributed by atoms with Gasteiger partial charge in [-0.2, -0.15) is 0 Å². The first-order chi connectivity index (χ1) is 10.2. The van der Waals surface area contributed by atoms with Gasteiger partial charge in [0.15, 0.2) is 0 Å². The topological polar surface area (TPSA) is 34.2 Å². The third kappa shape index (κ3) is 4.63. The van der Waals surface area contributed by atoms with Crippen molar-refractivity contribution in [2.75, 3.05) is 13.7 Å². The average molecular weight is 349 g/mol. The fraction of sp³-hybridized carbons (Fsp3) is 0.353. The van der Waals surface area contributed by atoms with Crippen LogP contribution in [-0.4, -0.2) is 24.7 Å². The Morgan fingerprint density at radius 2 is 2.00 bits per heavy atom. The molecular weight excluding hydrogens is 328 g/mol. The molecule has 21 heavy (non-hydrogen) atoms. The lowest BCUT2D eigenvalue weighted by Gasteiger charge is -2.27. The highest BCUT2D eigenvalue weighted by atomic mass is 79.9. The average Bonchev–Trinajstić information content (AvgIpc) is 2.49. The molecule has 0 saturated carbocycles. The van der Waals surface area contributed by atoms with Crippen LogP contribution >= 0.6 is 15.9 Å². The molecule has 0 saturated heterocycles. The Hall–Kier alpha value is -1.23. The maximum absolute atomic E-state index is 5.76. The molecule has 2 atom stereocenters. The smallest absolute Gasteiger partial charge is 0.0977 e. The van der Waals surface area contributed by atoms with Crippen LogP contribution in [0.2, 0.25) is 0 Å². The first-order valence-electron chi connectivity index (χ1n) is 7.15. The molecule has 2 unspecified atom stereocenters. The molecule has 0 radical (unpaired) electrons. The number of halogens is 1. The zero-order chi connectivity index (χ0) is 15.1. The van der Waals surface area contributed by atoms with Gasteiger partial charge in [0.1, 0.15) is 0 Å². The molecule has 0 aliphatic heterocycles. The third-order valence-electron chi connectivity index (χ3n) is 3.43. The Bertz CT molecular complexity index is 547. The van der Waals surface area contributed by atoms with E-state index < -0.39 is 0 Å². The first-order valence-corrected chi connectivity index (χ1v) is 7.94. The maximum atomic E-state index is 5.76. The minimum atomic E-state index is 0.0186. The SMILES string of the molecule is CCNC(Cc1cncc(Br)c1)C(OC)c1ccccc1. The van der Waals surface area contributed by atoms with E-state index in [1.54, 1.807) is 13.3 Å². The number of nitrogens with zero attached hydrogens (tertiary/aromatic N) is 1. The molecule has 0 bridgehead atoms. The van der Waals surface area contributed by atoms with Crippen molar-refractivity contribution in [2.24, 2.45) is 0 Å². The van der Waals surface area contributed by atoms with E-state index in [1.165, 1.54) is 11.1 Å². The zero-order valence-corrected chi connectivity index (χ0v) is 14.0. The molecule has 2 rings (SSSR count). The quantitative estimate of drug-likeness (QED) is 0.827. The van der Waals surface area contributed by atoms with Gasteiger partial charge in [0.25, 0.3) is 0 Å². The zero-order valence-electron chi connectivity index (χ0n) is 12.4. The monoisotopic (exact) mass is 348 g/mol. The van der Waals surface area contributed by atoms with Gasteiger partial charge in [-0.3, -0.25) is 4.98 Å². The molecule has 1 aromatic heterocycles. The summed E-state index contributed by atoms with van der Waals surface area (Å²) in [5.41, 5.74) is 2.38. The van der Waals surface area contributed by atoms with Crippen LogP contribution in [0.4, 0.5) is 0 Å². The number of benzene rings is 1. The number of likely N-dealkylation sites (N-methyl/N-ethyl adjacent to an activating group) is 1. The second-order valence-corrected chi connectivity index (χ2v) is 5.86. The van der Waals surface area contributed by atoms with Crippen LogP contribution in [0.25, 0.3) is 0 Å². The molecule has 1 aromatic carbocycles. The first kappa shape index (κ1) is 16.1. The van der Waals surface area contributed by atoms with Gasteiger partial charge >= 0.3 is 0 Å². The van der Waals surface area contributed by atoms with Crippen LogP contribution in [0.15, 0.2) is 53.3 Å². The van der Waals surface area contributed by atoms with E-state index >= 15 is 0 Å². The molecule has 112 valence electrons. The lowest BCUT2D eigenvalue weighted by atomic mass is 9.96. The highest BCUT2D eigenvalue weighted by molar-refractivity contribution is 9.10. The molecular formula is C17H21BrN2O. The summed E-state index contributed by atoms with van der Waals surface area (Å²) in [5.74, 6) is 0. The van der Waals surface area contributed by atoms with E-state index in [9.17, 15) is 0 Å². The van der Waals surface area contributed by atoms with Crippen LogP contribution < -0.4 is 5.32 Å². The molecule has 4 heteroatoms. The number of nitrogens with one attached hydrogen (secondary N) is 1. The Kier molecular flexibility index (Phi) is 6.36. The standard InChI is InChI=1S/C17H21BrN2O/c1-3-20-16(10-13-9-15(18)12-19-11-13)17(21-2)14-7-5-4-6-8-14/h4-9,11-12,16-17,20H,3,10H2,1-2H3. The molecule has 2 aromatic rings. The minimum Gasteiger partial charge on any atom is -0.375 e. The molecule has 0 fully saturated rings. The number of pyridine rings is 1. The molecule has 1 heterocycles. The van der Waals surface area contributed by atoms with Gasteiger partial charge < -0.3 is 10.1 Å². The summed E-state index contributed by atoms with van der Waals surface area (Å²) in [7, 11) is 1.77.